The first-order chi connectivity index (χ1) is 13.3. The van der Waals surface area contributed by atoms with Gasteiger partial charge in [0.2, 0.25) is 0 Å². The van der Waals surface area contributed by atoms with E-state index in [-0.39, 0.29) is 6.61 Å². The Labute approximate surface area is 166 Å². The fourth-order valence-corrected chi connectivity index (χ4v) is 4.43. The fraction of sp³-hybridized carbons (Fsp3) is 0.300. The number of nitrogens with zero attached hydrogens (tertiary/aromatic N) is 1. The first-order valence-electron chi connectivity index (χ1n) is 8.71. The molecule has 3 heterocycles. The third-order valence-corrected chi connectivity index (χ3v) is 6.21. The highest BCUT2D eigenvalue weighted by Crippen LogP contribution is 2.37. The molecule has 0 aromatic carbocycles. The van der Waals surface area contributed by atoms with Crippen molar-refractivity contribution < 1.29 is 23.9 Å². The monoisotopic (exact) mass is 404 g/mol. The number of aliphatic hydroxyl groups is 1. The number of aldehydes is 1. The van der Waals surface area contributed by atoms with Crippen LogP contribution >= 0.6 is 22.7 Å². The molecular formula is C20H22NO4S2+. The van der Waals surface area contributed by atoms with Crippen LogP contribution in [0.5, 0.6) is 0 Å². The zero-order chi connectivity index (χ0) is 18.9. The molecule has 0 aliphatic rings. The van der Waals surface area contributed by atoms with E-state index in [0.29, 0.717) is 26.4 Å². The highest BCUT2D eigenvalue weighted by molar-refractivity contribution is 7.24. The van der Waals surface area contributed by atoms with Gasteiger partial charge in [0.25, 0.3) is 0 Å². The summed E-state index contributed by atoms with van der Waals surface area (Å²) in [5, 5.41) is 8.61. The predicted molar refractivity (Wildman–Crippen MR) is 107 cm³/mol. The maximum atomic E-state index is 10.9. The van der Waals surface area contributed by atoms with Crippen molar-refractivity contribution in [3.63, 3.8) is 0 Å². The Balaban J connectivity index is 1.51. The Morgan fingerprint density at radius 1 is 0.852 bits per heavy atom. The van der Waals surface area contributed by atoms with Gasteiger partial charge in [-0.25, -0.2) is 4.57 Å². The summed E-state index contributed by atoms with van der Waals surface area (Å²) in [7, 11) is 0. The summed E-state index contributed by atoms with van der Waals surface area (Å²) in [6.07, 6.45) is 5.00. The molecule has 0 bridgehead atoms. The van der Waals surface area contributed by atoms with Crippen LogP contribution in [0, 0.1) is 0 Å². The summed E-state index contributed by atoms with van der Waals surface area (Å²) in [5.74, 6) is 0. The van der Waals surface area contributed by atoms with Crippen molar-refractivity contribution in [2.75, 3.05) is 33.0 Å². The minimum absolute atomic E-state index is 0.0427. The SMILES string of the molecule is O=Cc1ccc(-c2ccc(-c3cc[n+](CCOCCOCCO)cc3)s2)s1. The van der Waals surface area contributed by atoms with E-state index < -0.39 is 0 Å². The van der Waals surface area contributed by atoms with E-state index in [1.165, 1.54) is 26.7 Å². The number of aromatic nitrogens is 1. The van der Waals surface area contributed by atoms with E-state index in [1.807, 2.05) is 12.1 Å². The van der Waals surface area contributed by atoms with Gasteiger partial charge in [-0.2, -0.15) is 0 Å². The summed E-state index contributed by atoms with van der Waals surface area (Å²) < 4.78 is 12.7. The van der Waals surface area contributed by atoms with E-state index in [0.717, 1.165) is 22.6 Å². The van der Waals surface area contributed by atoms with Crippen LogP contribution in [-0.2, 0) is 16.0 Å². The predicted octanol–water partition coefficient (Wildman–Crippen LogP) is 3.27. The number of pyridine rings is 1. The Morgan fingerprint density at radius 2 is 1.52 bits per heavy atom. The quantitative estimate of drug-likeness (QED) is 0.303. The van der Waals surface area contributed by atoms with Crippen molar-refractivity contribution >= 4 is 29.0 Å². The van der Waals surface area contributed by atoms with E-state index in [2.05, 4.69) is 41.2 Å². The Morgan fingerprint density at radius 3 is 2.22 bits per heavy atom. The number of hydrogen-bond donors (Lipinski definition) is 1. The minimum Gasteiger partial charge on any atom is -0.394 e. The Bertz CT molecular complexity index is 842. The molecule has 0 amide bonds. The molecule has 0 aliphatic carbocycles. The lowest BCUT2D eigenvalue weighted by molar-refractivity contribution is -0.698. The van der Waals surface area contributed by atoms with Crippen LogP contribution in [0.3, 0.4) is 0 Å². The van der Waals surface area contributed by atoms with Gasteiger partial charge in [0.15, 0.2) is 25.2 Å². The van der Waals surface area contributed by atoms with Crippen molar-refractivity contribution in [2.24, 2.45) is 0 Å². The molecule has 0 unspecified atom stereocenters. The first kappa shape index (κ1) is 19.9. The van der Waals surface area contributed by atoms with E-state index in [1.54, 1.807) is 11.3 Å². The van der Waals surface area contributed by atoms with Crippen LogP contribution < -0.4 is 4.57 Å². The lowest BCUT2D eigenvalue weighted by Crippen LogP contribution is -2.35. The molecule has 3 aromatic heterocycles. The van der Waals surface area contributed by atoms with Crippen molar-refractivity contribution in [1.29, 1.82) is 0 Å². The van der Waals surface area contributed by atoms with Crippen LogP contribution in [0.1, 0.15) is 9.67 Å². The second-order valence-electron chi connectivity index (χ2n) is 5.76. The highest BCUT2D eigenvalue weighted by atomic mass is 32.1. The third kappa shape index (κ3) is 5.79. The van der Waals surface area contributed by atoms with E-state index in [4.69, 9.17) is 14.6 Å². The van der Waals surface area contributed by atoms with Gasteiger partial charge in [-0.1, -0.05) is 0 Å². The smallest absolute Gasteiger partial charge is 0.171 e. The summed E-state index contributed by atoms with van der Waals surface area (Å²) in [6.45, 7) is 2.83. The number of thiophene rings is 2. The zero-order valence-electron chi connectivity index (χ0n) is 14.9. The van der Waals surface area contributed by atoms with Gasteiger partial charge in [0, 0.05) is 32.3 Å². The molecule has 0 aliphatic heterocycles. The maximum absolute atomic E-state index is 10.9. The molecule has 0 spiro atoms. The average molecular weight is 405 g/mol. The number of rotatable bonds is 11. The van der Waals surface area contributed by atoms with Crippen LogP contribution in [0.4, 0.5) is 0 Å². The molecule has 0 saturated carbocycles. The molecule has 142 valence electrons. The lowest BCUT2D eigenvalue weighted by Gasteiger charge is -2.03. The van der Waals surface area contributed by atoms with Crippen LogP contribution in [-0.4, -0.2) is 44.4 Å². The maximum Gasteiger partial charge on any atom is 0.171 e. The van der Waals surface area contributed by atoms with Crippen LogP contribution in [0.25, 0.3) is 20.2 Å². The topological polar surface area (TPSA) is 59.6 Å². The second-order valence-corrected chi connectivity index (χ2v) is 7.96. The molecule has 0 radical (unpaired) electrons. The Kier molecular flexibility index (Phi) is 7.67. The average Bonchev–Trinajstić information content (AvgIpc) is 3.37. The van der Waals surface area contributed by atoms with Crippen LogP contribution in [0.2, 0.25) is 0 Å². The number of carbonyl (C=O) groups is 1. The molecule has 7 heteroatoms. The van der Waals surface area contributed by atoms with Crippen molar-refractivity contribution in [1.82, 2.24) is 0 Å². The number of aliphatic hydroxyl groups excluding tert-OH is 1. The van der Waals surface area contributed by atoms with E-state index in [9.17, 15) is 4.79 Å². The third-order valence-electron chi connectivity index (χ3n) is 3.87. The normalized spacial score (nSPS) is 11.0. The molecule has 0 fully saturated rings. The molecule has 3 rings (SSSR count). The van der Waals surface area contributed by atoms with Crippen molar-refractivity contribution in [3.05, 3.63) is 53.7 Å². The molecule has 0 atom stereocenters. The zero-order valence-corrected chi connectivity index (χ0v) is 16.5. The molecular weight excluding hydrogens is 382 g/mol. The summed E-state index contributed by atoms with van der Waals surface area (Å²) in [4.78, 5) is 15.1. The largest absolute Gasteiger partial charge is 0.394 e. The number of hydrogen-bond acceptors (Lipinski definition) is 6. The molecule has 5 nitrogen and oxygen atoms in total. The molecule has 27 heavy (non-hydrogen) atoms. The molecule has 1 N–H and O–H groups in total. The standard InChI is InChI=1S/C20H22NO4S2/c22-10-12-25-14-13-24-11-9-21-7-5-16(6-8-21)18-3-4-20(27-18)19-2-1-17(15-23)26-19/h1-8,15,22H,9-14H2/q+1. The van der Waals surface area contributed by atoms with Gasteiger partial charge < -0.3 is 14.6 Å². The van der Waals surface area contributed by atoms with Crippen molar-refractivity contribution in [3.8, 4) is 20.2 Å². The van der Waals surface area contributed by atoms with Gasteiger partial charge in [-0.05, 0) is 24.3 Å². The number of carbonyl (C=O) groups excluding carboxylic acids is 1. The fourth-order valence-electron chi connectivity index (χ4n) is 2.50. The van der Waals surface area contributed by atoms with Gasteiger partial charge in [0.05, 0.1) is 31.3 Å². The lowest BCUT2D eigenvalue weighted by atomic mass is 10.2. The van der Waals surface area contributed by atoms with E-state index >= 15 is 0 Å². The van der Waals surface area contributed by atoms with Gasteiger partial charge in [-0.15, -0.1) is 22.7 Å². The van der Waals surface area contributed by atoms with Crippen molar-refractivity contribution in [2.45, 2.75) is 6.54 Å². The number of ether oxygens (including phenoxy) is 2. The molecule has 3 aromatic rings. The van der Waals surface area contributed by atoms with Gasteiger partial charge in [-0.3, -0.25) is 4.79 Å². The minimum atomic E-state index is 0.0427. The first-order valence-corrected chi connectivity index (χ1v) is 10.3. The van der Waals surface area contributed by atoms with Gasteiger partial charge >= 0.3 is 0 Å². The van der Waals surface area contributed by atoms with Gasteiger partial charge in [0.1, 0.15) is 6.61 Å². The summed E-state index contributed by atoms with van der Waals surface area (Å²) >= 11 is 3.25. The van der Waals surface area contributed by atoms with Crippen LogP contribution in [0.15, 0.2) is 48.8 Å². The summed E-state index contributed by atoms with van der Waals surface area (Å²) in [6, 6.07) is 12.3. The Hall–Kier alpha value is -1.90. The highest BCUT2D eigenvalue weighted by Gasteiger charge is 2.09. The second kappa shape index (κ2) is 10.4. The molecule has 0 saturated heterocycles. The summed E-state index contributed by atoms with van der Waals surface area (Å²) in [5.41, 5.74) is 1.17.